The molecule has 3 heterocycles. The molecule has 3 aromatic heterocycles. The largest absolute Gasteiger partial charge is 0.307 e. The first kappa shape index (κ1) is 16.1. The lowest BCUT2D eigenvalue weighted by atomic mass is 10.2. The maximum absolute atomic E-state index is 12.8. The molecule has 0 aliphatic heterocycles. The van der Waals surface area contributed by atoms with Crippen molar-refractivity contribution in [3.63, 3.8) is 0 Å². The Bertz CT molecular complexity index is 1090. The highest BCUT2D eigenvalue weighted by atomic mass is 32.1. The summed E-state index contributed by atoms with van der Waals surface area (Å²) < 4.78 is 2.17. The van der Waals surface area contributed by atoms with E-state index in [1.165, 1.54) is 30.5 Å². The average molecular weight is 379 g/mol. The Balaban J connectivity index is 1.47. The highest BCUT2D eigenvalue weighted by molar-refractivity contribution is 7.13. The zero-order valence-corrected chi connectivity index (χ0v) is 15.2. The summed E-state index contributed by atoms with van der Waals surface area (Å²) in [6.45, 7) is 0. The molecule has 4 aromatic rings. The predicted octanol–water partition coefficient (Wildman–Crippen LogP) is 3.65. The Hall–Kier alpha value is -3.07. The number of imidazole rings is 1. The van der Waals surface area contributed by atoms with Crippen LogP contribution >= 0.6 is 11.3 Å². The van der Waals surface area contributed by atoms with Gasteiger partial charge in [-0.1, -0.05) is 25.0 Å². The van der Waals surface area contributed by atoms with Gasteiger partial charge >= 0.3 is 0 Å². The Kier molecular flexibility index (Phi) is 3.93. The molecule has 8 nitrogen and oxygen atoms in total. The van der Waals surface area contributed by atoms with E-state index in [1.807, 2.05) is 18.2 Å². The summed E-state index contributed by atoms with van der Waals surface area (Å²) >= 11 is 1.35. The van der Waals surface area contributed by atoms with Crippen LogP contribution < -0.4 is 5.32 Å². The molecule has 1 aliphatic carbocycles. The maximum Gasteiger partial charge on any atom is 0.277 e. The molecule has 0 spiro atoms. The van der Waals surface area contributed by atoms with Crippen molar-refractivity contribution in [3.8, 4) is 10.8 Å². The number of carbonyl (C=O) groups is 1. The molecule has 0 radical (unpaired) electrons. The molecule has 5 rings (SSSR count). The Morgan fingerprint density at radius 1 is 1.22 bits per heavy atom. The third kappa shape index (κ3) is 2.89. The molecule has 1 aromatic carbocycles. The van der Waals surface area contributed by atoms with E-state index in [1.54, 1.807) is 5.38 Å². The van der Waals surface area contributed by atoms with Crippen LogP contribution in [-0.4, -0.2) is 35.6 Å². The lowest BCUT2D eigenvalue weighted by molar-refractivity contribution is 0.102. The summed E-state index contributed by atoms with van der Waals surface area (Å²) in [5.41, 5.74) is 2.29. The molecule has 0 unspecified atom stereocenters. The topological polar surface area (TPSA) is 101 Å². The number of nitrogens with zero attached hydrogens (tertiary/aromatic N) is 5. The molecule has 9 heteroatoms. The molecule has 27 heavy (non-hydrogen) atoms. The third-order valence-electron chi connectivity index (χ3n) is 4.87. The van der Waals surface area contributed by atoms with Gasteiger partial charge in [-0.05, 0) is 25.0 Å². The quantitative estimate of drug-likeness (QED) is 0.564. The molecule has 0 atom stereocenters. The van der Waals surface area contributed by atoms with Gasteiger partial charge in [0.2, 0.25) is 5.95 Å². The van der Waals surface area contributed by atoms with Crippen LogP contribution in [0.3, 0.4) is 0 Å². The fraction of sp³-hybridized carbons (Fsp3) is 0.278. The van der Waals surface area contributed by atoms with Crippen LogP contribution in [0, 0.1) is 0 Å². The number of thiazole rings is 1. The van der Waals surface area contributed by atoms with Crippen molar-refractivity contribution in [2.24, 2.45) is 0 Å². The molecule has 1 saturated carbocycles. The third-order valence-corrected chi connectivity index (χ3v) is 5.71. The number of benzene rings is 1. The van der Waals surface area contributed by atoms with Crippen molar-refractivity contribution in [2.45, 2.75) is 31.7 Å². The maximum atomic E-state index is 12.8. The molecule has 2 N–H and O–H groups in total. The van der Waals surface area contributed by atoms with Gasteiger partial charge in [0.15, 0.2) is 10.8 Å². The summed E-state index contributed by atoms with van der Waals surface area (Å²) in [5, 5.41) is 11.9. The minimum Gasteiger partial charge on any atom is -0.307 e. The Labute approximate surface area is 158 Å². The minimum atomic E-state index is -0.272. The molecule has 0 saturated heterocycles. The SMILES string of the molecule is O=C(Nc1nc2ccccc2n1C1CCCC1)c1csc(-c2ncn[nH]2)n1. The fourth-order valence-corrected chi connectivity index (χ4v) is 4.37. The summed E-state index contributed by atoms with van der Waals surface area (Å²) in [4.78, 5) is 25.9. The van der Waals surface area contributed by atoms with Crippen LogP contribution in [0.2, 0.25) is 0 Å². The Morgan fingerprint density at radius 3 is 2.89 bits per heavy atom. The predicted molar refractivity (Wildman–Crippen MR) is 103 cm³/mol. The van der Waals surface area contributed by atoms with Crippen molar-refractivity contribution in [3.05, 3.63) is 41.7 Å². The first-order valence-corrected chi connectivity index (χ1v) is 9.77. The summed E-state index contributed by atoms with van der Waals surface area (Å²) in [5.74, 6) is 0.867. The van der Waals surface area contributed by atoms with E-state index in [4.69, 9.17) is 0 Å². The lowest BCUT2D eigenvalue weighted by Crippen LogP contribution is -2.18. The summed E-state index contributed by atoms with van der Waals surface area (Å²) in [6.07, 6.45) is 6.04. The van der Waals surface area contributed by atoms with E-state index in [-0.39, 0.29) is 5.91 Å². The van der Waals surface area contributed by atoms with Gasteiger partial charge in [0, 0.05) is 11.4 Å². The zero-order chi connectivity index (χ0) is 18.2. The molecule has 136 valence electrons. The number of rotatable bonds is 4. The van der Waals surface area contributed by atoms with Crippen molar-refractivity contribution in [1.29, 1.82) is 0 Å². The lowest BCUT2D eigenvalue weighted by Gasteiger charge is -2.16. The van der Waals surface area contributed by atoms with Gasteiger partial charge < -0.3 is 4.57 Å². The number of aromatic nitrogens is 6. The highest BCUT2D eigenvalue weighted by Crippen LogP contribution is 2.35. The van der Waals surface area contributed by atoms with Gasteiger partial charge in [-0.2, -0.15) is 5.10 Å². The normalized spacial score (nSPS) is 14.8. The first-order chi connectivity index (χ1) is 13.3. The number of aromatic amines is 1. The second kappa shape index (κ2) is 6.58. The fourth-order valence-electron chi connectivity index (χ4n) is 3.63. The van der Waals surface area contributed by atoms with E-state index in [2.05, 4.69) is 41.1 Å². The molecular formula is C18H17N7OS. The summed E-state index contributed by atoms with van der Waals surface area (Å²) in [7, 11) is 0. The number of fused-ring (bicyclic) bond motifs is 1. The van der Waals surface area contributed by atoms with E-state index in [9.17, 15) is 4.79 Å². The van der Waals surface area contributed by atoms with Gasteiger partial charge in [0.1, 0.15) is 12.0 Å². The Morgan fingerprint density at radius 2 is 2.07 bits per heavy atom. The molecule has 1 amide bonds. The number of para-hydroxylation sites is 2. The van der Waals surface area contributed by atoms with Crippen molar-refractivity contribution in [2.75, 3.05) is 5.32 Å². The van der Waals surface area contributed by atoms with Crippen LogP contribution in [0.1, 0.15) is 42.2 Å². The zero-order valence-electron chi connectivity index (χ0n) is 14.4. The van der Waals surface area contributed by atoms with Crippen molar-refractivity contribution < 1.29 is 4.79 Å². The van der Waals surface area contributed by atoms with Gasteiger partial charge in [-0.25, -0.2) is 15.0 Å². The van der Waals surface area contributed by atoms with Crippen molar-refractivity contribution in [1.82, 2.24) is 29.7 Å². The molecule has 1 fully saturated rings. The van der Waals surface area contributed by atoms with E-state index in [0.29, 0.717) is 28.5 Å². The average Bonchev–Trinajstić information content (AvgIpc) is 3.47. The van der Waals surface area contributed by atoms with Gasteiger partial charge in [-0.15, -0.1) is 11.3 Å². The minimum absolute atomic E-state index is 0.272. The molecule has 1 aliphatic rings. The van der Waals surface area contributed by atoms with Crippen molar-refractivity contribution >= 4 is 34.2 Å². The van der Waals surface area contributed by atoms with E-state index < -0.39 is 0 Å². The number of hydrogen-bond acceptors (Lipinski definition) is 6. The monoisotopic (exact) mass is 379 g/mol. The first-order valence-electron chi connectivity index (χ1n) is 8.89. The van der Waals surface area contributed by atoms with E-state index >= 15 is 0 Å². The highest BCUT2D eigenvalue weighted by Gasteiger charge is 2.24. The van der Waals surface area contributed by atoms with Crippen LogP contribution in [-0.2, 0) is 0 Å². The van der Waals surface area contributed by atoms with Crippen LogP contribution in [0.25, 0.3) is 21.9 Å². The number of anilines is 1. The number of amides is 1. The van der Waals surface area contributed by atoms with Crippen LogP contribution in [0.5, 0.6) is 0 Å². The smallest absolute Gasteiger partial charge is 0.277 e. The number of nitrogens with one attached hydrogen (secondary N) is 2. The number of hydrogen-bond donors (Lipinski definition) is 2. The summed E-state index contributed by atoms with van der Waals surface area (Å²) in [6, 6.07) is 8.37. The molecular weight excluding hydrogens is 362 g/mol. The van der Waals surface area contributed by atoms with Gasteiger partial charge in [0.05, 0.1) is 11.0 Å². The van der Waals surface area contributed by atoms with E-state index in [0.717, 1.165) is 23.9 Å². The van der Waals surface area contributed by atoms with Crippen LogP contribution in [0.15, 0.2) is 36.0 Å². The second-order valence-corrected chi connectivity index (χ2v) is 7.42. The van der Waals surface area contributed by atoms with Gasteiger partial charge in [-0.3, -0.25) is 15.2 Å². The van der Waals surface area contributed by atoms with Crippen LogP contribution in [0.4, 0.5) is 5.95 Å². The second-order valence-electron chi connectivity index (χ2n) is 6.56. The van der Waals surface area contributed by atoms with Gasteiger partial charge in [0.25, 0.3) is 5.91 Å². The number of H-pyrrole nitrogens is 1. The molecule has 0 bridgehead atoms. The standard InChI is InChI=1S/C18H17N7OS/c26-16(13-9-27-17(21-13)15-19-10-20-24-15)23-18-22-12-7-3-4-8-14(12)25(18)11-5-1-2-6-11/h3-4,7-11H,1-2,5-6H2,(H,19,20,24)(H,22,23,26). The number of carbonyl (C=O) groups excluding carboxylic acids is 1.